The van der Waals surface area contributed by atoms with Gasteiger partial charge in [-0.2, -0.15) is 0 Å². The number of rotatable bonds is 7. The quantitative estimate of drug-likeness (QED) is 0.676. The van der Waals surface area contributed by atoms with E-state index in [-0.39, 0.29) is 30.9 Å². The van der Waals surface area contributed by atoms with Crippen LogP contribution >= 0.6 is 24.8 Å². The van der Waals surface area contributed by atoms with Gasteiger partial charge in [-0.1, -0.05) is 42.5 Å². The summed E-state index contributed by atoms with van der Waals surface area (Å²) in [6.07, 6.45) is 0.989. The first kappa shape index (κ1) is 23.6. The molecule has 150 valence electrons. The second kappa shape index (κ2) is 12.1. The number of benzene rings is 2. The first-order valence-electron chi connectivity index (χ1n) is 9.02. The lowest BCUT2D eigenvalue weighted by molar-refractivity contribution is 0.122. The molecule has 6 heteroatoms. The van der Waals surface area contributed by atoms with E-state index in [9.17, 15) is 0 Å². The molecule has 27 heavy (non-hydrogen) atoms. The van der Waals surface area contributed by atoms with Gasteiger partial charge in [0.15, 0.2) is 11.5 Å². The summed E-state index contributed by atoms with van der Waals surface area (Å²) in [6, 6.07) is 18.3. The Kier molecular flexibility index (Phi) is 10.6. The Morgan fingerprint density at radius 1 is 0.852 bits per heavy atom. The van der Waals surface area contributed by atoms with Gasteiger partial charge in [0.2, 0.25) is 0 Å². The van der Waals surface area contributed by atoms with Gasteiger partial charge in [-0.15, -0.1) is 24.8 Å². The molecule has 2 aromatic rings. The van der Waals surface area contributed by atoms with Crippen molar-refractivity contribution in [1.82, 2.24) is 9.80 Å². The first-order chi connectivity index (χ1) is 12.3. The Morgan fingerprint density at radius 3 is 2.07 bits per heavy atom. The van der Waals surface area contributed by atoms with Crippen LogP contribution in [0.15, 0.2) is 54.6 Å². The number of nitrogens with zero attached hydrogens (tertiary/aromatic N) is 2. The maximum absolute atomic E-state index is 6.37. The smallest absolute Gasteiger partial charge is 0.162 e. The van der Waals surface area contributed by atoms with Crippen LogP contribution in [0.4, 0.5) is 0 Å². The van der Waals surface area contributed by atoms with E-state index in [0.29, 0.717) is 0 Å². The van der Waals surface area contributed by atoms with Crippen LogP contribution in [-0.4, -0.2) is 56.7 Å². The molecule has 1 heterocycles. The molecule has 0 saturated carbocycles. The molecule has 1 atom stereocenters. The Hall–Kier alpha value is -1.46. The van der Waals surface area contributed by atoms with Gasteiger partial charge < -0.3 is 19.3 Å². The summed E-state index contributed by atoms with van der Waals surface area (Å²) >= 11 is 0. The van der Waals surface area contributed by atoms with Gasteiger partial charge in [0.25, 0.3) is 0 Å². The number of para-hydroxylation sites is 2. The highest BCUT2D eigenvalue weighted by molar-refractivity contribution is 5.85. The lowest BCUT2D eigenvalue weighted by Crippen LogP contribution is -2.45. The van der Waals surface area contributed by atoms with E-state index >= 15 is 0 Å². The number of ether oxygens (including phenoxy) is 2. The molecule has 0 bridgehead atoms. The third kappa shape index (κ3) is 6.89. The van der Waals surface area contributed by atoms with Crippen LogP contribution in [0.25, 0.3) is 0 Å². The van der Waals surface area contributed by atoms with E-state index in [1.807, 2.05) is 30.3 Å². The Morgan fingerprint density at radius 2 is 1.44 bits per heavy atom. The van der Waals surface area contributed by atoms with E-state index in [4.69, 9.17) is 9.47 Å². The summed E-state index contributed by atoms with van der Waals surface area (Å²) < 4.78 is 11.8. The van der Waals surface area contributed by atoms with Gasteiger partial charge in [0.1, 0.15) is 6.10 Å². The van der Waals surface area contributed by atoms with E-state index < -0.39 is 0 Å². The van der Waals surface area contributed by atoms with Crippen molar-refractivity contribution in [3.8, 4) is 11.5 Å². The van der Waals surface area contributed by atoms with Crippen molar-refractivity contribution in [2.45, 2.75) is 12.5 Å². The number of likely N-dealkylation sites (N-methyl/N-ethyl adjacent to an activating group) is 1. The molecule has 0 amide bonds. The molecule has 2 aromatic carbocycles. The van der Waals surface area contributed by atoms with Crippen molar-refractivity contribution in [1.29, 1.82) is 0 Å². The molecule has 1 fully saturated rings. The van der Waals surface area contributed by atoms with Crippen molar-refractivity contribution in [3.63, 3.8) is 0 Å². The molecule has 1 unspecified atom stereocenters. The normalized spacial score (nSPS) is 15.9. The van der Waals surface area contributed by atoms with Gasteiger partial charge in [-0.3, -0.25) is 0 Å². The maximum Gasteiger partial charge on any atom is 0.162 e. The van der Waals surface area contributed by atoms with Gasteiger partial charge >= 0.3 is 0 Å². The summed E-state index contributed by atoms with van der Waals surface area (Å²) in [7, 11) is 3.87. The minimum absolute atomic E-state index is 0. The number of halogens is 2. The van der Waals surface area contributed by atoms with E-state index in [1.165, 1.54) is 5.56 Å². The fraction of sp³-hybridized carbons (Fsp3) is 0.429. The average molecular weight is 413 g/mol. The van der Waals surface area contributed by atoms with Crippen LogP contribution in [0, 0.1) is 0 Å². The predicted molar refractivity (Wildman–Crippen MR) is 116 cm³/mol. The van der Waals surface area contributed by atoms with Crippen molar-refractivity contribution in [2.24, 2.45) is 0 Å². The number of piperazine rings is 1. The number of hydrogen-bond donors (Lipinski definition) is 0. The molecule has 0 aliphatic carbocycles. The molecular formula is C21H30Cl2N2O2. The summed E-state index contributed by atoms with van der Waals surface area (Å²) in [5.74, 6) is 1.58. The molecule has 0 spiro atoms. The summed E-state index contributed by atoms with van der Waals surface area (Å²) in [5.41, 5.74) is 1.21. The SMILES string of the molecule is COc1ccccc1OC(CCN1CCN(C)CC1)c1ccccc1.Cl.Cl. The zero-order valence-electron chi connectivity index (χ0n) is 16.0. The Labute approximate surface area is 175 Å². The highest BCUT2D eigenvalue weighted by Crippen LogP contribution is 2.32. The fourth-order valence-electron chi connectivity index (χ4n) is 3.20. The van der Waals surface area contributed by atoms with E-state index in [2.05, 4.69) is 41.1 Å². The van der Waals surface area contributed by atoms with Crippen LogP contribution < -0.4 is 9.47 Å². The van der Waals surface area contributed by atoms with Crippen LogP contribution in [0.5, 0.6) is 11.5 Å². The number of hydrogen-bond acceptors (Lipinski definition) is 4. The maximum atomic E-state index is 6.37. The summed E-state index contributed by atoms with van der Waals surface area (Å²) in [5, 5.41) is 0. The van der Waals surface area contributed by atoms with Gasteiger partial charge in [-0.25, -0.2) is 0 Å². The monoisotopic (exact) mass is 412 g/mol. The zero-order valence-corrected chi connectivity index (χ0v) is 17.7. The predicted octanol–water partition coefficient (Wildman–Crippen LogP) is 4.30. The molecule has 0 N–H and O–H groups in total. The third-order valence-electron chi connectivity index (χ3n) is 4.81. The van der Waals surface area contributed by atoms with Gasteiger partial charge in [-0.05, 0) is 24.7 Å². The van der Waals surface area contributed by atoms with Crippen molar-refractivity contribution in [3.05, 3.63) is 60.2 Å². The molecule has 4 nitrogen and oxygen atoms in total. The number of methoxy groups -OCH3 is 1. The minimum Gasteiger partial charge on any atom is -0.493 e. The molecular weight excluding hydrogens is 383 g/mol. The average Bonchev–Trinajstić information content (AvgIpc) is 2.67. The van der Waals surface area contributed by atoms with Crippen molar-refractivity contribution < 1.29 is 9.47 Å². The van der Waals surface area contributed by atoms with Crippen LogP contribution in [0.1, 0.15) is 18.1 Å². The highest BCUT2D eigenvalue weighted by atomic mass is 35.5. The first-order valence-corrected chi connectivity index (χ1v) is 9.02. The van der Waals surface area contributed by atoms with Gasteiger partial charge in [0.05, 0.1) is 7.11 Å². The summed E-state index contributed by atoms with van der Waals surface area (Å²) in [4.78, 5) is 4.91. The van der Waals surface area contributed by atoms with E-state index in [1.54, 1.807) is 7.11 Å². The Balaban J connectivity index is 0.00000182. The lowest BCUT2D eigenvalue weighted by Gasteiger charge is -2.33. The second-order valence-corrected chi connectivity index (χ2v) is 6.60. The highest BCUT2D eigenvalue weighted by Gasteiger charge is 2.19. The molecule has 1 aliphatic heterocycles. The summed E-state index contributed by atoms with van der Waals surface area (Å²) in [6.45, 7) is 5.59. The van der Waals surface area contributed by atoms with E-state index in [0.717, 1.165) is 50.6 Å². The van der Waals surface area contributed by atoms with Crippen LogP contribution in [0.2, 0.25) is 0 Å². The topological polar surface area (TPSA) is 24.9 Å². The Bertz CT molecular complexity index is 650. The van der Waals surface area contributed by atoms with Crippen molar-refractivity contribution in [2.75, 3.05) is 46.9 Å². The molecule has 0 aromatic heterocycles. The third-order valence-corrected chi connectivity index (χ3v) is 4.81. The fourth-order valence-corrected chi connectivity index (χ4v) is 3.20. The molecule has 3 rings (SSSR count). The lowest BCUT2D eigenvalue weighted by atomic mass is 10.1. The standard InChI is InChI=1S/C21H28N2O2.2ClH/c1-22-14-16-23(17-15-22)13-12-19(18-8-4-3-5-9-18)25-21-11-7-6-10-20(21)24-2;;/h3-11,19H,12-17H2,1-2H3;2*1H. The minimum atomic E-state index is 0. The second-order valence-electron chi connectivity index (χ2n) is 6.60. The van der Waals surface area contributed by atoms with Crippen LogP contribution in [0.3, 0.4) is 0 Å². The molecule has 1 saturated heterocycles. The van der Waals surface area contributed by atoms with Crippen LogP contribution in [-0.2, 0) is 0 Å². The van der Waals surface area contributed by atoms with Crippen molar-refractivity contribution >= 4 is 24.8 Å². The molecule has 0 radical (unpaired) electrons. The molecule has 1 aliphatic rings. The zero-order chi connectivity index (χ0) is 17.5. The van der Waals surface area contributed by atoms with Gasteiger partial charge in [0, 0.05) is 39.1 Å². The largest absolute Gasteiger partial charge is 0.493 e.